The van der Waals surface area contributed by atoms with Gasteiger partial charge >= 0.3 is 0 Å². The van der Waals surface area contributed by atoms with Crippen LogP contribution < -0.4 is 10.6 Å². The molecule has 0 aliphatic carbocycles. The topological polar surface area (TPSA) is 57.3 Å². The summed E-state index contributed by atoms with van der Waals surface area (Å²) >= 11 is 6.00. The van der Waals surface area contributed by atoms with E-state index >= 15 is 0 Å². The number of halogens is 1. The van der Waals surface area contributed by atoms with E-state index in [1.165, 1.54) is 0 Å². The average Bonchev–Trinajstić information content (AvgIpc) is 2.47. The molecule has 112 valence electrons. The van der Waals surface area contributed by atoms with Gasteiger partial charge in [0.25, 0.3) is 5.91 Å². The minimum absolute atomic E-state index is 0.230. The number of carbonyl (C=O) groups is 1. The van der Waals surface area contributed by atoms with Gasteiger partial charge in [-0.15, -0.1) is 0 Å². The molecule has 0 fully saturated rings. The number of nitrogens with one attached hydrogen (secondary N) is 2. The molecule has 1 aromatic heterocycles. The van der Waals surface area contributed by atoms with Crippen molar-refractivity contribution in [3.05, 3.63) is 22.8 Å². The van der Waals surface area contributed by atoms with E-state index in [1.54, 1.807) is 19.2 Å². The van der Waals surface area contributed by atoms with E-state index in [-0.39, 0.29) is 11.6 Å². The maximum absolute atomic E-state index is 12.0. The van der Waals surface area contributed by atoms with E-state index in [2.05, 4.69) is 34.4 Å². The van der Waals surface area contributed by atoms with E-state index in [0.717, 1.165) is 26.1 Å². The molecule has 0 unspecified atom stereocenters. The number of carbonyl (C=O) groups excluding carboxylic acids is 1. The van der Waals surface area contributed by atoms with Gasteiger partial charge < -0.3 is 15.5 Å². The highest BCUT2D eigenvalue weighted by Gasteiger charge is 2.12. The first kappa shape index (κ1) is 16.7. The van der Waals surface area contributed by atoms with Gasteiger partial charge in [0.15, 0.2) is 0 Å². The molecule has 0 bridgehead atoms. The van der Waals surface area contributed by atoms with Crippen LogP contribution in [0.2, 0.25) is 5.02 Å². The highest BCUT2D eigenvalue weighted by molar-refractivity contribution is 6.33. The van der Waals surface area contributed by atoms with Crippen molar-refractivity contribution in [2.75, 3.05) is 38.5 Å². The lowest BCUT2D eigenvalue weighted by Crippen LogP contribution is -2.30. The Bertz CT molecular complexity index is 435. The Balaban J connectivity index is 2.47. The summed E-state index contributed by atoms with van der Waals surface area (Å²) in [7, 11) is 1.75. The van der Waals surface area contributed by atoms with Gasteiger partial charge in [-0.1, -0.05) is 25.4 Å². The normalized spacial score (nSPS) is 10.7. The van der Waals surface area contributed by atoms with Gasteiger partial charge in [0.1, 0.15) is 11.5 Å². The largest absolute Gasteiger partial charge is 0.373 e. The van der Waals surface area contributed by atoms with Crippen molar-refractivity contribution in [3.8, 4) is 0 Å². The third-order valence-electron chi connectivity index (χ3n) is 3.15. The highest BCUT2D eigenvalue weighted by atomic mass is 35.5. The fourth-order valence-corrected chi connectivity index (χ4v) is 2.06. The molecule has 0 aliphatic heterocycles. The third kappa shape index (κ3) is 4.98. The lowest BCUT2D eigenvalue weighted by Gasteiger charge is -2.17. The molecule has 0 aliphatic rings. The van der Waals surface area contributed by atoms with Gasteiger partial charge in [-0.25, -0.2) is 4.98 Å². The number of nitrogens with zero attached hydrogens (tertiary/aromatic N) is 2. The Kier molecular flexibility index (Phi) is 7.33. The molecule has 0 aromatic carbocycles. The van der Waals surface area contributed by atoms with E-state index in [9.17, 15) is 4.79 Å². The lowest BCUT2D eigenvalue weighted by atomic mass is 10.3. The standard InChI is InChI=1S/C14H23ClN4O/c1-4-19(5-2)10-6-9-17-14(20)13-11(15)7-8-12(16-3)18-13/h7-8H,4-6,9-10H2,1-3H3,(H,16,18)(H,17,20). The van der Waals surface area contributed by atoms with Gasteiger partial charge in [0.2, 0.25) is 0 Å². The summed E-state index contributed by atoms with van der Waals surface area (Å²) in [6.07, 6.45) is 0.913. The summed E-state index contributed by atoms with van der Waals surface area (Å²) in [4.78, 5) is 18.5. The monoisotopic (exact) mass is 298 g/mol. The Hall–Kier alpha value is -1.33. The van der Waals surface area contributed by atoms with Crippen LogP contribution in [0.1, 0.15) is 30.8 Å². The predicted molar refractivity (Wildman–Crippen MR) is 83.5 cm³/mol. The van der Waals surface area contributed by atoms with Gasteiger partial charge in [-0.3, -0.25) is 4.79 Å². The number of pyridine rings is 1. The van der Waals surface area contributed by atoms with Crippen molar-refractivity contribution in [2.45, 2.75) is 20.3 Å². The summed E-state index contributed by atoms with van der Waals surface area (Å²) in [6, 6.07) is 3.41. The van der Waals surface area contributed by atoms with Crippen LogP contribution in [0.15, 0.2) is 12.1 Å². The Morgan fingerprint density at radius 1 is 1.35 bits per heavy atom. The zero-order valence-corrected chi connectivity index (χ0v) is 13.1. The fraction of sp³-hybridized carbons (Fsp3) is 0.571. The van der Waals surface area contributed by atoms with Crippen LogP contribution in [0, 0.1) is 0 Å². The van der Waals surface area contributed by atoms with Gasteiger partial charge in [0.05, 0.1) is 5.02 Å². The van der Waals surface area contributed by atoms with Gasteiger partial charge in [-0.05, 0) is 38.2 Å². The first-order valence-electron chi connectivity index (χ1n) is 6.97. The molecular formula is C14H23ClN4O. The first-order valence-corrected chi connectivity index (χ1v) is 7.35. The number of aromatic nitrogens is 1. The molecule has 0 radical (unpaired) electrons. The SMILES string of the molecule is CCN(CC)CCCNC(=O)c1nc(NC)ccc1Cl. The summed E-state index contributed by atoms with van der Waals surface area (Å²) in [5, 5.41) is 6.11. The van der Waals surface area contributed by atoms with Crippen molar-refractivity contribution in [1.82, 2.24) is 15.2 Å². The minimum atomic E-state index is -0.230. The second kappa shape index (κ2) is 8.76. The van der Waals surface area contributed by atoms with Crippen LogP contribution >= 0.6 is 11.6 Å². The molecule has 0 saturated heterocycles. The maximum atomic E-state index is 12.0. The number of hydrogen-bond donors (Lipinski definition) is 2. The van der Waals surface area contributed by atoms with Gasteiger partial charge in [-0.2, -0.15) is 0 Å². The number of amides is 1. The van der Waals surface area contributed by atoms with Crippen LogP contribution in [0.5, 0.6) is 0 Å². The van der Waals surface area contributed by atoms with E-state index < -0.39 is 0 Å². The summed E-state index contributed by atoms with van der Waals surface area (Å²) < 4.78 is 0. The fourth-order valence-electron chi connectivity index (χ4n) is 1.87. The number of rotatable bonds is 8. The number of anilines is 1. The molecule has 6 heteroatoms. The van der Waals surface area contributed by atoms with Crippen LogP contribution in [0.3, 0.4) is 0 Å². The van der Waals surface area contributed by atoms with Crippen LogP contribution in [-0.4, -0.2) is 49.0 Å². The molecule has 5 nitrogen and oxygen atoms in total. The summed E-state index contributed by atoms with van der Waals surface area (Å²) in [5.41, 5.74) is 0.265. The quantitative estimate of drug-likeness (QED) is 0.723. The second-order valence-corrected chi connectivity index (χ2v) is 4.82. The molecular weight excluding hydrogens is 276 g/mol. The zero-order valence-electron chi connectivity index (χ0n) is 12.4. The Labute approximate surface area is 125 Å². The molecule has 0 atom stereocenters. The van der Waals surface area contributed by atoms with Crippen molar-refractivity contribution in [3.63, 3.8) is 0 Å². The molecule has 1 amide bonds. The smallest absolute Gasteiger partial charge is 0.271 e. The predicted octanol–water partition coefficient (Wildman–Crippen LogP) is 2.24. The third-order valence-corrected chi connectivity index (χ3v) is 3.45. The van der Waals surface area contributed by atoms with Crippen molar-refractivity contribution in [1.29, 1.82) is 0 Å². The molecule has 0 spiro atoms. The molecule has 1 heterocycles. The van der Waals surface area contributed by atoms with Gasteiger partial charge in [0, 0.05) is 13.6 Å². The second-order valence-electron chi connectivity index (χ2n) is 4.41. The van der Waals surface area contributed by atoms with E-state index in [1.807, 2.05) is 0 Å². The molecule has 1 aromatic rings. The van der Waals surface area contributed by atoms with E-state index in [4.69, 9.17) is 11.6 Å². The van der Waals surface area contributed by atoms with Crippen LogP contribution in [-0.2, 0) is 0 Å². The van der Waals surface area contributed by atoms with Crippen molar-refractivity contribution < 1.29 is 4.79 Å². The lowest BCUT2D eigenvalue weighted by molar-refractivity contribution is 0.0947. The Morgan fingerprint density at radius 3 is 2.65 bits per heavy atom. The van der Waals surface area contributed by atoms with E-state index in [0.29, 0.717) is 17.4 Å². The van der Waals surface area contributed by atoms with Crippen molar-refractivity contribution in [2.24, 2.45) is 0 Å². The molecule has 20 heavy (non-hydrogen) atoms. The first-order chi connectivity index (χ1) is 9.62. The number of hydrogen-bond acceptors (Lipinski definition) is 4. The average molecular weight is 299 g/mol. The van der Waals surface area contributed by atoms with Crippen LogP contribution in [0.4, 0.5) is 5.82 Å². The molecule has 2 N–H and O–H groups in total. The minimum Gasteiger partial charge on any atom is -0.373 e. The maximum Gasteiger partial charge on any atom is 0.271 e. The highest BCUT2D eigenvalue weighted by Crippen LogP contribution is 2.16. The van der Waals surface area contributed by atoms with Crippen LogP contribution in [0.25, 0.3) is 0 Å². The summed E-state index contributed by atoms with van der Waals surface area (Å²) in [5.74, 6) is 0.398. The molecule has 0 saturated carbocycles. The molecule has 1 rings (SSSR count). The Morgan fingerprint density at radius 2 is 2.05 bits per heavy atom. The zero-order chi connectivity index (χ0) is 15.0. The van der Waals surface area contributed by atoms with Crippen molar-refractivity contribution >= 4 is 23.3 Å². The summed E-state index contributed by atoms with van der Waals surface area (Å²) in [6.45, 7) is 7.93.